The van der Waals surface area contributed by atoms with Gasteiger partial charge in [0, 0.05) is 44.0 Å². The van der Waals surface area contributed by atoms with Crippen molar-refractivity contribution in [3.05, 3.63) is 59.5 Å². The molecular formula is C19H21N5OS. The molecular weight excluding hydrogens is 346 g/mol. The number of nitrogens with zero attached hydrogens (tertiary/aromatic N) is 4. The Morgan fingerprint density at radius 3 is 2.69 bits per heavy atom. The van der Waals surface area contributed by atoms with Crippen molar-refractivity contribution in [1.29, 1.82) is 0 Å². The summed E-state index contributed by atoms with van der Waals surface area (Å²) in [6.45, 7) is 0.426. The molecule has 2 heterocycles. The van der Waals surface area contributed by atoms with Crippen molar-refractivity contribution < 1.29 is 4.79 Å². The summed E-state index contributed by atoms with van der Waals surface area (Å²) in [5.74, 6) is 0.0238. The molecule has 0 aliphatic carbocycles. The van der Waals surface area contributed by atoms with Gasteiger partial charge in [-0.05, 0) is 24.1 Å². The lowest BCUT2D eigenvalue weighted by atomic mass is 10.1. The molecule has 1 N–H and O–H groups in total. The molecule has 0 aliphatic heterocycles. The zero-order valence-corrected chi connectivity index (χ0v) is 15.7. The van der Waals surface area contributed by atoms with Crippen molar-refractivity contribution in [2.24, 2.45) is 0 Å². The minimum atomic E-state index is 0.0238. The van der Waals surface area contributed by atoms with Crippen LogP contribution in [0.25, 0.3) is 10.7 Å². The van der Waals surface area contributed by atoms with E-state index in [-0.39, 0.29) is 5.91 Å². The van der Waals surface area contributed by atoms with E-state index in [0.29, 0.717) is 13.0 Å². The number of rotatable bonds is 7. The molecule has 3 rings (SSSR count). The molecule has 26 heavy (non-hydrogen) atoms. The summed E-state index contributed by atoms with van der Waals surface area (Å²) in [6, 6.07) is 8.26. The minimum Gasteiger partial charge on any atom is -0.378 e. The maximum Gasteiger partial charge on any atom is 0.220 e. The number of hydrogen-bond acceptors (Lipinski definition) is 6. The van der Waals surface area contributed by atoms with Gasteiger partial charge in [-0.15, -0.1) is 11.3 Å². The summed E-state index contributed by atoms with van der Waals surface area (Å²) in [5.41, 5.74) is 3.89. The van der Waals surface area contributed by atoms with Crippen molar-refractivity contribution in [3.8, 4) is 10.7 Å². The first-order chi connectivity index (χ1) is 12.6. The van der Waals surface area contributed by atoms with Gasteiger partial charge in [0.1, 0.15) is 10.7 Å². The Labute approximate surface area is 157 Å². The largest absolute Gasteiger partial charge is 0.378 e. The molecule has 0 fully saturated rings. The molecule has 3 aromatic rings. The summed E-state index contributed by atoms with van der Waals surface area (Å²) in [7, 11) is 4.02. The maximum atomic E-state index is 12.1. The van der Waals surface area contributed by atoms with Gasteiger partial charge in [0.15, 0.2) is 0 Å². The van der Waals surface area contributed by atoms with E-state index in [2.05, 4.69) is 49.4 Å². The molecule has 1 amide bonds. The second-order valence-electron chi connectivity index (χ2n) is 6.07. The summed E-state index contributed by atoms with van der Waals surface area (Å²) >= 11 is 1.50. The minimum absolute atomic E-state index is 0.0238. The predicted octanol–water partition coefficient (Wildman–Crippen LogP) is 2.92. The smallest absolute Gasteiger partial charge is 0.220 e. The van der Waals surface area contributed by atoms with Crippen LogP contribution in [0.15, 0.2) is 48.2 Å². The van der Waals surface area contributed by atoms with Gasteiger partial charge in [-0.25, -0.2) is 4.98 Å². The third-order valence-corrected chi connectivity index (χ3v) is 4.81. The number of aryl methyl sites for hydroxylation is 1. The molecule has 134 valence electrons. The lowest BCUT2D eigenvalue weighted by Crippen LogP contribution is -2.23. The van der Waals surface area contributed by atoms with Gasteiger partial charge < -0.3 is 10.2 Å². The average molecular weight is 367 g/mol. The molecule has 0 saturated heterocycles. The van der Waals surface area contributed by atoms with E-state index in [0.717, 1.165) is 34.1 Å². The summed E-state index contributed by atoms with van der Waals surface area (Å²) in [5, 5.41) is 5.67. The molecule has 0 radical (unpaired) electrons. The summed E-state index contributed by atoms with van der Waals surface area (Å²) in [6.07, 6.45) is 6.14. The SMILES string of the molecule is CN(C)c1ccc(CCC(=O)NCc2csc(-c3cnccn3)n2)cc1. The van der Waals surface area contributed by atoms with Crippen LogP contribution in [0.3, 0.4) is 0 Å². The predicted molar refractivity (Wildman–Crippen MR) is 104 cm³/mol. The second kappa shape index (κ2) is 8.53. The first kappa shape index (κ1) is 18.0. The van der Waals surface area contributed by atoms with Gasteiger partial charge in [-0.3, -0.25) is 14.8 Å². The van der Waals surface area contributed by atoms with Gasteiger partial charge in [0.05, 0.1) is 18.4 Å². The third-order valence-electron chi connectivity index (χ3n) is 3.89. The Morgan fingerprint density at radius 2 is 2.00 bits per heavy atom. The number of amides is 1. The average Bonchev–Trinajstić information content (AvgIpc) is 3.15. The number of nitrogens with one attached hydrogen (secondary N) is 1. The van der Waals surface area contributed by atoms with Crippen LogP contribution < -0.4 is 10.2 Å². The van der Waals surface area contributed by atoms with E-state index < -0.39 is 0 Å². The van der Waals surface area contributed by atoms with Gasteiger partial charge in [-0.2, -0.15) is 0 Å². The zero-order valence-electron chi connectivity index (χ0n) is 14.8. The molecule has 0 unspecified atom stereocenters. The fourth-order valence-electron chi connectivity index (χ4n) is 2.41. The van der Waals surface area contributed by atoms with E-state index in [1.807, 2.05) is 19.5 Å². The summed E-state index contributed by atoms with van der Waals surface area (Å²) in [4.78, 5) is 26.9. The summed E-state index contributed by atoms with van der Waals surface area (Å²) < 4.78 is 0. The number of carbonyl (C=O) groups is 1. The Morgan fingerprint density at radius 1 is 1.19 bits per heavy atom. The molecule has 0 saturated carbocycles. The third kappa shape index (κ3) is 4.86. The molecule has 0 bridgehead atoms. The Bertz CT molecular complexity index is 846. The van der Waals surface area contributed by atoms with Crippen LogP contribution >= 0.6 is 11.3 Å². The van der Waals surface area contributed by atoms with Gasteiger partial charge in [0.25, 0.3) is 0 Å². The monoisotopic (exact) mass is 367 g/mol. The van der Waals surface area contributed by atoms with E-state index in [1.54, 1.807) is 18.6 Å². The normalized spacial score (nSPS) is 10.5. The van der Waals surface area contributed by atoms with Crippen molar-refractivity contribution in [2.75, 3.05) is 19.0 Å². The number of thiazole rings is 1. The van der Waals surface area contributed by atoms with Crippen LogP contribution in [0.1, 0.15) is 17.7 Å². The first-order valence-electron chi connectivity index (χ1n) is 8.35. The number of anilines is 1. The number of hydrogen-bond donors (Lipinski definition) is 1. The molecule has 0 atom stereocenters. The lowest BCUT2D eigenvalue weighted by molar-refractivity contribution is -0.121. The fourth-order valence-corrected chi connectivity index (χ4v) is 3.19. The number of carbonyl (C=O) groups excluding carboxylic acids is 1. The Hall–Kier alpha value is -2.80. The zero-order chi connectivity index (χ0) is 18.4. The van der Waals surface area contributed by atoms with Crippen molar-refractivity contribution >= 4 is 22.9 Å². The van der Waals surface area contributed by atoms with Crippen molar-refractivity contribution in [2.45, 2.75) is 19.4 Å². The lowest BCUT2D eigenvalue weighted by Gasteiger charge is -2.12. The fraction of sp³-hybridized carbons (Fsp3) is 0.263. The topological polar surface area (TPSA) is 71.0 Å². The highest BCUT2D eigenvalue weighted by molar-refractivity contribution is 7.13. The van der Waals surface area contributed by atoms with E-state index >= 15 is 0 Å². The van der Waals surface area contributed by atoms with Crippen LogP contribution in [-0.2, 0) is 17.8 Å². The van der Waals surface area contributed by atoms with Crippen LogP contribution in [0, 0.1) is 0 Å². The maximum absolute atomic E-state index is 12.1. The van der Waals surface area contributed by atoms with Gasteiger partial charge in [0.2, 0.25) is 5.91 Å². The quantitative estimate of drug-likeness (QED) is 0.695. The Kier molecular flexibility index (Phi) is 5.91. The molecule has 6 nitrogen and oxygen atoms in total. The van der Waals surface area contributed by atoms with Crippen molar-refractivity contribution in [3.63, 3.8) is 0 Å². The highest BCUT2D eigenvalue weighted by Crippen LogP contribution is 2.20. The first-order valence-corrected chi connectivity index (χ1v) is 9.23. The van der Waals surface area contributed by atoms with Crippen molar-refractivity contribution in [1.82, 2.24) is 20.3 Å². The molecule has 2 aromatic heterocycles. The van der Waals surface area contributed by atoms with E-state index in [9.17, 15) is 4.79 Å². The molecule has 0 aliphatic rings. The van der Waals surface area contributed by atoms with E-state index in [1.165, 1.54) is 11.3 Å². The second-order valence-corrected chi connectivity index (χ2v) is 6.93. The van der Waals surface area contributed by atoms with Crippen LogP contribution in [0.5, 0.6) is 0 Å². The molecule has 7 heteroatoms. The van der Waals surface area contributed by atoms with Crippen LogP contribution in [0.2, 0.25) is 0 Å². The van der Waals surface area contributed by atoms with E-state index in [4.69, 9.17) is 0 Å². The molecule has 0 spiro atoms. The Balaban J connectivity index is 1.46. The molecule has 1 aromatic carbocycles. The van der Waals surface area contributed by atoms with Crippen LogP contribution in [0.4, 0.5) is 5.69 Å². The van der Waals surface area contributed by atoms with Gasteiger partial charge >= 0.3 is 0 Å². The van der Waals surface area contributed by atoms with Crippen LogP contribution in [-0.4, -0.2) is 35.0 Å². The highest BCUT2D eigenvalue weighted by atomic mass is 32.1. The number of aromatic nitrogens is 3. The highest BCUT2D eigenvalue weighted by Gasteiger charge is 2.08. The number of benzene rings is 1. The standard InChI is InChI=1S/C19H21N5OS/c1-24(2)16-6-3-14(4-7-16)5-8-18(25)22-11-15-13-26-19(23-15)17-12-20-9-10-21-17/h3-4,6-7,9-10,12-13H,5,8,11H2,1-2H3,(H,22,25). The van der Waals surface area contributed by atoms with Gasteiger partial charge in [-0.1, -0.05) is 12.1 Å².